The first-order valence-corrected chi connectivity index (χ1v) is 11.9. The number of amides is 1. The van der Waals surface area contributed by atoms with E-state index in [1.807, 2.05) is 30.3 Å². The summed E-state index contributed by atoms with van der Waals surface area (Å²) < 4.78 is 31.1. The highest BCUT2D eigenvalue weighted by Crippen LogP contribution is 2.33. The first kappa shape index (κ1) is 28.1. The minimum absolute atomic E-state index is 0.0258. The van der Waals surface area contributed by atoms with Gasteiger partial charge in [-0.05, 0) is 36.2 Å². The number of benzene rings is 3. The number of ether oxygens (including phenoxy) is 3. The molecule has 3 rings (SSSR count). The summed E-state index contributed by atoms with van der Waals surface area (Å²) in [4.78, 5) is 25.6. The van der Waals surface area contributed by atoms with Crippen molar-refractivity contribution in [2.45, 2.75) is 32.7 Å². The van der Waals surface area contributed by atoms with Gasteiger partial charge in [0.15, 0.2) is 0 Å². The molecule has 5 N–H and O–H groups in total. The van der Waals surface area contributed by atoms with Crippen LogP contribution in [0.15, 0.2) is 66.7 Å². The van der Waals surface area contributed by atoms with Gasteiger partial charge in [0.2, 0.25) is 0 Å². The summed E-state index contributed by atoms with van der Waals surface area (Å²) in [5.74, 6) is -4.80. The van der Waals surface area contributed by atoms with E-state index in [2.05, 4.69) is 10.6 Å². The van der Waals surface area contributed by atoms with Crippen LogP contribution in [0.1, 0.15) is 36.1 Å². The van der Waals surface area contributed by atoms with Crippen molar-refractivity contribution in [2.24, 2.45) is 5.73 Å². The van der Waals surface area contributed by atoms with E-state index >= 15 is 4.39 Å². The minimum atomic E-state index is -2.37. The molecule has 1 amide bonds. The maximum Gasteiger partial charge on any atom is 0.323 e. The van der Waals surface area contributed by atoms with E-state index in [-0.39, 0.29) is 30.3 Å². The van der Waals surface area contributed by atoms with E-state index in [0.717, 1.165) is 18.6 Å². The van der Waals surface area contributed by atoms with Crippen LogP contribution < -0.4 is 21.1 Å². The Morgan fingerprint density at radius 3 is 2.39 bits per heavy atom. The predicted octanol–water partition coefficient (Wildman–Crippen LogP) is 3.80. The summed E-state index contributed by atoms with van der Waals surface area (Å²) >= 11 is 0. The monoisotopic (exact) mass is 522 g/mol. The van der Waals surface area contributed by atoms with Gasteiger partial charge in [-0.25, -0.2) is 4.39 Å². The molecular formula is C28H31FN4O5. The molecule has 1 atom stereocenters. The Bertz CT molecular complexity index is 1300. The molecule has 3 aromatic rings. The topological polar surface area (TPSA) is 136 Å². The lowest BCUT2D eigenvalue weighted by Gasteiger charge is -2.32. The van der Waals surface area contributed by atoms with Gasteiger partial charge >= 0.3 is 11.8 Å². The number of nitrogen functional groups attached to an aromatic ring is 1. The third kappa shape index (κ3) is 6.65. The number of anilines is 1. The number of nitrogens with two attached hydrogens (primary N) is 1. The third-order valence-corrected chi connectivity index (χ3v) is 5.65. The summed E-state index contributed by atoms with van der Waals surface area (Å²) in [6.45, 7) is 3.11. The van der Waals surface area contributed by atoms with Crippen molar-refractivity contribution in [2.75, 3.05) is 19.0 Å². The van der Waals surface area contributed by atoms with Crippen LogP contribution in [0.25, 0.3) is 0 Å². The Labute approximate surface area is 220 Å². The number of hydrogen-bond donors (Lipinski definition) is 4. The first-order chi connectivity index (χ1) is 18.2. The van der Waals surface area contributed by atoms with Crippen molar-refractivity contribution in [3.8, 4) is 5.75 Å². The van der Waals surface area contributed by atoms with E-state index in [0.29, 0.717) is 23.4 Å². The minimum Gasteiger partial charge on any atom is -0.497 e. The molecule has 3 aromatic carbocycles. The maximum absolute atomic E-state index is 15.1. The Kier molecular flexibility index (Phi) is 9.39. The number of carbonyl (C=O) groups is 2. The van der Waals surface area contributed by atoms with Crippen LogP contribution in [0.3, 0.4) is 0 Å². The molecule has 38 heavy (non-hydrogen) atoms. The fraction of sp³-hybridized carbons (Fsp3) is 0.250. The fourth-order valence-corrected chi connectivity index (χ4v) is 3.84. The summed E-state index contributed by atoms with van der Waals surface area (Å²) in [5.41, 5.74) is 8.21. The molecule has 0 fully saturated rings. The number of carbonyl (C=O) groups excluding carboxylic acids is 2. The van der Waals surface area contributed by atoms with E-state index in [4.69, 9.17) is 25.4 Å². The zero-order valence-electron chi connectivity index (χ0n) is 21.5. The summed E-state index contributed by atoms with van der Waals surface area (Å²) in [6.07, 6.45) is 0. The van der Waals surface area contributed by atoms with Gasteiger partial charge in [-0.2, -0.15) is 0 Å². The lowest BCUT2D eigenvalue weighted by molar-refractivity contribution is -0.232. The maximum atomic E-state index is 15.1. The van der Waals surface area contributed by atoms with Crippen LogP contribution >= 0.6 is 0 Å². The van der Waals surface area contributed by atoms with Crippen LogP contribution in [0.4, 0.5) is 10.1 Å². The van der Waals surface area contributed by atoms with Crippen molar-refractivity contribution in [3.05, 3.63) is 94.8 Å². The molecule has 0 saturated carbocycles. The second-order valence-corrected chi connectivity index (χ2v) is 8.30. The third-order valence-electron chi connectivity index (χ3n) is 5.65. The highest BCUT2D eigenvalue weighted by molar-refractivity contribution is 5.96. The van der Waals surface area contributed by atoms with Crippen molar-refractivity contribution >= 4 is 23.4 Å². The van der Waals surface area contributed by atoms with Gasteiger partial charge in [0.05, 0.1) is 12.7 Å². The SMILES string of the molecule is CCO[C@@](OC(C)=O)(C(=O)NCc1ccc(C(=N)N)cc1NCc1ccccc1)c1ccc(OC)cc1F. The second kappa shape index (κ2) is 12.7. The van der Waals surface area contributed by atoms with Crippen LogP contribution in [0.2, 0.25) is 0 Å². The van der Waals surface area contributed by atoms with Crippen LogP contribution in [0, 0.1) is 11.2 Å². The van der Waals surface area contributed by atoms with E-state index in [1.165, 1.54) is 19.2 Å². The van der Waals surface area contributed by atoms with Gasteiger partial charge in [-0.1, -0.05) is 42.5 Å². The zero-order chi connectivity index (χ0) is 27.7. The number of amidine groups is 1. The number of esters is 1. The number of nitrogens with one attached hydrogen (secondary N) is 3. The van der Waals surface area contributed by atoms with Gasteiger partial charge in [-0.15, -0.1) is 0 Å². The van der Waals surface area contributed by atoms with Gasteiger partial charge in [0.1, 0.15) is 17.4 Å². The molecule has 0 bridgehead atoms. The molecule has 0 aliphatic heterocycles. The average molecular weight is 523 g/mol. The lowest BCUT2D eigenvalue weighted by atomic mass is 10.0. The fourth-order valence-electron chi connectivity index (χ4n) is 3.84. The van der Waals surface area contributed by atoms with E-state index in [1.54, 1.807) is 25.1 Å². The largest absolute Gasteiger partial charge is 0.497 e. The van der Waals surface area contributed by atoms with Gasteiger partial charge in [-0.3, -0.25) is 15.0 Å². The Morgan fingerprint density at radius 1 is 1.05 bits per heavy atom. The second-order valence-electron chi connectivity index (χ2n) is 8.30. The summed E-state index contributed by atoms with van der Waals surface area (Å²) in [5, 5.41) is 13.8. The van der Waals surface area contributed by atoms with Crippen LogP contribution in [-0.4, -0.2) is 31.4 Å². The standard InChI is InChI=1S/C28H31FN4O5/c1-4-37-28(38-18(2)34,23-13-12-22(36-3)15-24(23)29)27(35)33-17-21-11-10-20(26(30)31)14-25(21)32-16-19-8-6-5-7-9-19/h5-15,32H,4,16-17H2,1-3H3,(H3,30,31)(H,33,35)/t28-/m0/s1. The normalized spacial score (nSPS) is 12.2. The molecule has 0 spiro atoms. The van der Waals surface area contributed by atoms with E-state index < -0.39 is 23.5 Å². The number of rotatable bonds is 12. The molecule has 10 heteroatoms. The van der Waals surface area contributed by atoms with Crippen molar-refractivity contribution < 1.29 is 28.2 Å². The predicted molar refractivity (Wildman–Crippen MR) is 141 cm³/mol. The van der Waals surface area contributed by atoms with Crippen molar-refractivity contribution in [1.29, 1.82) is 5.41 Å². The summed E-state index contributed by atoms with van der Waals surface area (Å²) in [6, 6.07) is 18.6. The molecule has 0 radical (unpaired) electrons. The molecule has 0 heterocycles. The van der Waals surface area contributed by atoms with Gasteiger partial charge in [0.25, 0.3) is 5.91 Å². The molecule has 0 aromatic heterocycles. The van der Waals surface area contributed by atoms with Gasteiger partial charge < -0.3 is 30.6 Å². The molecule has 0 aliphatic rings. The number of hydrogen-bond acceptors (Lipinski definition) is 7. The molecular weight excluding hydrogens is 491 g/mol. The highest BCUT2D eigenvalue weighted by Gasteiger charge is 2.47. The van der Waals surface area contributed by atoms with Crippen molar-refractivity contribution in [3.63, 3.8) is 0 Å². The Hall–Kier alpha value is -4.44. The quantitative estimate of drug-likeness (QED) is 0.123. The van der Waals surface area contributed by atoms with Crippen LogP contribution in [0.5, 0.6) is 5.75 Å². The summed E-state index contributed by atoms with van der Waals surface area (Å²) in [7, 11) is 1.38. The zero-order valence-corrected chi connectivity index (χ0v) is 21.5. The lowest BCUT2D eigenvalue weighted by Crippen LogP contribution is -2.50. The van der Waals surface area contributed by atoms with Gasteiger partial charge in [0, 0.05) is 43.9 Å². The molecule has 200 valence electrons. The Balaban J connectivity index is 1.93. The Morgan fingerprint density at radius 2 is 1.79 bits per heavy atom. The molecule has 0 aliphatic carbocycles. The molecule has 9 nitrogen and oxygen atoms in total. The number of halogens is 1. The molecule has 0 unspecified atom stereocenters. The first-order valence-electron chi connectivity index (χ1n) is 11.9. The van der Waals surface area contributed by atoms with Crippen molar-refractivity contribution in [1.82, 2.24) is 5.32 Å². The smallest absolute Gasteiger partial charge is 0.323 e. The van der Waals surface area contributed by atoms with Crippen LogP contribution in [-0.2, 0) is 37.9 Å². The van der Waals surface area contributed by atoms with E-state index in [9.17, 15) is 9.59 Å². The highest BCUT2D eigenvalue weighted by atomic mass is 19.1. The average Bonchev–Trinajstić information content (AvgIpc) is 2.90. The molecule has 0 saturated heterocycles. The number of methoxy groups -OCH3 is 1.